The maximum absolute atomic E-state index is 12.1. The van der Waals surface area contributed by atoms with Gasteiger partial charge in [0.15, 0.2) is 0 Å². The molecule has 1 saturated heterocycles. The van der Waals surface area contributed by atoms with Gasteiger partial charge in [0.1, 0.15) is 0 Å². The molecule has 1 aliphatic rings. The number of amides is 1. The van der Waals surface area contributed by atoms with Gasteiger partial charge in [-0.15, -0.1) is 11.8 Å². The van der Waals surface area contributed by atoms with Crippen LogP contribution >= 0.6 is 23.4 Å². The zero-order valence-corrected chi connectivity index (χ0v) is 11.8. The summed E-state index contributed by atoms with van der Waals surface area (Å²) in [5, 5.41) is 4.01. The van der Waals surface area contributed by atoms with Crippen LogP contribution in [-0.2, 0) is 4.79 Å². The molecular weight excluding hydrogens is 268 g/mol. The summed E-state index contributed by atoms with van der Waals surface area (Å²) in [7, 11) is 0. The van der Waals surface area contributed by atoms with Crippen LogP contribution in [0.5, 0.6) is 0 Å². The summed E-state index contributed by atoms with van der Waals surface area (Å²) < 4.78 is 0. The highest BCUT2D eigenvalue weighted by molar-refractivity contribution is 8.00. The van der Waals surface area contributed by atoms with E-state index < -0.39 is 0 Å². The van der Waals surface area contributed by atoms with E-state index >= 15 is 0 Å². The molecule has 2 rings (SSSR count). The van der Waals surface area contributed by atoms with Gasteiger partial charge in [0, 0.05) is 24.5 Å². The summed E-state index contributed by atoms with van der Waals surface area (Å²) in [6.07, 6.45) is 1.03. The quantitative estimate of drug-likeness (QED) is 0.864. The van der Waals surface area contributed by atoms with Crippen LogP contribution < -0.4 is 5.32 Å². The maximum Gasteiger partial charge on any atom is 0.232 e. The van der Waals surface area contributed by atoms with Crippen LogP contribution in [0.15, 0.2) is 29.2 Å². The van der Waals surface area contributed by atoms with Crippen LogP contribution in [0.25, 0.3) is 0 Å². The maximum atomic E-state index is 12.1. The first kappa shape index (κ1) is 13.7. The second-order valence-electron chi connectivity index (χ2n) is 4.20. The Hall–Kier alpha value is -0.710. The van der Waals surface area contributed by atoms with E-state index in [9.17, 15) is 4.79 Å². The third-order valence-corrected chi connectivity index (χ3v) is 4.38. The molecule has 1 aromatic rings. The molecule has 0 aromatic heterocycles. The van der Waals surface area contributed by atoms with E-state index in [1.54, 1.807) is 0 Å². The Morgan fingerprint density at radius 1 is 1.33 bits per heavy atom. The number of nitrogens with zero attached hydrogens (tertiary/aromatic N) is 1. The Balaban J connectivity index is 1.86. The molecule has 98 valence electrons. The van der Waals surface area contributed by atoms with E-state index in [0.29, 0.717) is 10.8 Å². The van der Waals surface area contributed by atoms with E-state index in [1.807, 2.05) is 29.2 Å². The Kier molecular flexibility index (Phi) is 5.35. The number of hydrogen-bond donors (Lipinski definition) is 1. The average Bonchev–Trinajstić information content (AvgIpc) is 2.66. The molecule has 3 nitrogen and oxygen atoms in total. The minimum absolute atomic E-state index is 0.198. The zero-order valence-electron chi connectivity index (χ0n) is 10.2. The molecule has 0 spiro atoms. The lowest BCUT2D eigenvalue weighted by Crippen LogP contribution is -2.35. The Morgan fingerprint density at radius 3 is 3.00 bits per heavy atom. The van der Waals surface area contributed by atoms with Crippen molar-refractivity contribution in [2.45, 2.75) is 11.3 Å². The van der Waals surface area contributed by atoms with Gasteiger partial charge in [-0.1, -0.05) is 23.7 Å². The van der Waals surface area contributed by atoms with Crippen molar-refractivity contribution in [3.63, 3.8) is 0 Å². The lowest BCUT2D eigenvalue weighted by Gasteiger charge is -2.19. The molecule has 0 saturated carbocycles. The summed E-state index contributed by atoms with van der Waals surface area (Å²) in [5.41, 5.74) is 0. The van der Waals surface area contributed by atoms with Gasteiger partial charge in [-0.2, -0.15) is 0 Å². The standard InChI is InChI=1S/C13H17ClN2OS/c14-11-4-1-2-5-12(11)18-10-13(17)16-8-3-6-15-7-9-16/h1-2,4-5,15H,3,6-10H2. The second kappa shape index (κ2) is 7.02. The SMILES string of the molecule is O=C(CSc1ccccc1Cl)N1CCCNCC1. The van der Waals surface area contributed by atoms with Crippen molar-refractivity contribution in [1.82, 2.24) is 10.2 Å². The largest absolute Gasteiger partial charge is 0.341 e. The molecule has 18 heavy (non-hydrogen) atoms. The number of benzene rings is 1. The van der Waals surface area contributed by atoms with Crippen LogP contribution in [0.4, 0.5) is 0 Å². The first-order valence-electron chi connectivity index (χ1n) is 6.13. The number of carbonyl (C=O) groups excluding carboxylic acids is 1. The van der Waals surface area contributed by atoms with Crippen molar-refractivity contribution in [3.05, 3.63) is 29.3 Å². The molecule has 1 amide bonds. The van der Waals surface area contributed by atoms with Crippen LogP contribution in [0, 0.1) is 0 Å². The van der Waals surface area contributed by atoms with Crippen LogP contribution in [0.3, 0.4) is 0 Å². The number of nitrogens with one attached hydrogen (secondary N) is 1. The van der Waals surface area contributed by atoms with E-state index in [4.69, 9.17) is 11.6 Å². The molecule has 1 N–H and O–H groups in total. The Bertz CT molecular complexity index is 406. The number of halogens is 1. The highest BCUT2D eigenvalue weighted by Gasteiger charge is 2.15. The molecule has 1 aliphatic heterocycles. The highest BCUT2D eigenvalue weighted by Crippen LogP contribution is 2.26. The zero-order chi connectivity index (χ0) is 12.8. The molecule has 5 heteroatoms. The normalized spacial score (nSPS) is 16.4. The molecule has 0 aliphatic carbocycles. The van der Waals surface area contributed by atoms with E-state index in [0.717, 1.165) is 37.5 Å². The lowest BCUT2D eigenvalue weighted by atomic mass is 10.4. The van der Waals surface area contributed by atoms with Gasteiger partial charge in [0.2, 0.25) is 5.91 Å². The van der Waals surface area contributed by atoms with Gasteiger partial charge in [0.05, 0.1) is 10.8 Å². The summed E-state index contributed by atoms with van der Waals surface area (Å²) in [6.45, 7) is 3.56. The molecule has 1 aromatic carbocycles. The van der Waals surface area contributed by atoms with Gasteiger partial charge in [-0.25, -0.2) is 0 Å². The topological polar surface area (TPSA) is 32.3 Å². The fourth-order valence-corrected chi connectivity index (χ4v) is 3.03. The third-order valence-electron chi connectivity index (χ3n) is 2.88. The fraction of sp³-hybridized carbons (Fsp3) is 0.462. The van der Waals surface area contributed by atoms with E-state index in [-0.39, 0.29) is 5.91 Å². The van der Waals surface area contributed by atoms with Crippen molar-refractivity contribution in [2.75, 3.05) is 31.9 Å². The highest BCUT2D eigenvalue weighted by atomic mass is 35.5. The smallest absolute Gasteiger partial charge is 0.232 e. The van der Waals surface area contributed by atoms with Crippen molar-refractivity contribution in [2.24, 2.45) is 0 Å². The molecule has 0 atom stereocenters. The van der Waals surface area contributed by atoms with E-state index in [2.05, 4.69) is 5.32 Å². The number of rotatable bonds is 3. The van der Waals surface area contributed by atoms with Gasteiger partial charge >= 0.3 is 0 Å². The van der Waals surface area contributed by atoms with Crippen LogP contribution in [0.1, 0.15) is 6.42 Å². The average molecular weight is 285 g/mol. The van der Waals surface area contributed by atoms with Crippen molar-refractivity contribution >= 4 is 29.3 Å². The van der Waals surface area contributed by atoms with Crippen LogP contribution in [-0.4, -0.2) is 42.7 Å². The van der Waals surface area contributed by atoms with Gasteiger partial charge in [-0.05, 0) is 25.1 Å². The summed E-state index contributed by atoms with van der Waals surface area (Å²) in [4.78, 5) is 15.0. The summed E-state index contributed by atoms with van der Waals surface area (Å²) >= 11 is 7.58. The minimum Gasteiger partial charge on any atom is -0.341 e. The Labute approximate surface area is 117 Å². The molecular formula is C13H17ClN2OS. The second-order valence-corrected chi connectivity index (χ2v) is 5.63. The summed E-state index contributed by atoms with van der Waals surface area (Å²) in [5.74, 6) is 0.660. The predicted molar refractivity (Wildman–Crippen MR) is 76.2 cm³/mol. The molecule has 1 heterocycles. The fourth-order valence-electron chi connectivity index (χ4n) is 1.89. The number of hydrogen-bond acceptors (Lipinski definition) is 3. The van der Waals surface area contributed by atoms with Crippen molar-refractivity contribution in [1.29, 1.82) is 0 Å². The van der Waals surface area contributed by atoms with Crippen molar-refractivity contribution in [3.8, 4) is 0 Å². The number of thioether (sulfide) groups is 1. The number of carbonyl (C=O) groups is 1. The summed E-state index contributed by atoms with van der Waals surface area (Å²) in [6, 6.07) is 7.64. The Morgan fingerprint density at radius 2 is 2.17 bits per heavy atom. The van der Waals surface area contributed by atoms with Gasteiger partial charge in [-0.3, -0.25) is 4.79 Å². The molecule has 1 fully saturated rings. The van der Waals surface area contributed by atoms with Gasteiger partial charge in [0.25, 0.3) is 0 Å². The van der Waals surface area contributed by atoms with Gasteiger partial charge < -0.3 is 10.2 Å². The molecule has 0 unspecified atom stereocenters. The first-order chi connectivity index (χ1) is 8.77. The van der Waals surface area contributed by atoms with Crippen molar-refractivity contribution < 1.29 is 4.79 Å². The third kappa shape index (κ3) is 3.90. The monoisotopic (exact) mass is 284 g/mol. The minimum atomic E-state index is 0.198. The lowest BCUT2D eigenvalue weighted by molar-refractivity contribution is -0.128. The molecule has 0 radical (unpaired) electrons. The molecule has 0 bridgehead atoms. The first-order valence-corrected chi connectivity index (χ1v) is 7.49. The van der Waals surface area contributed by atoms with Crippen LogP contribution in [0.2, 0.25) is 5.02 Å². The van der Waals surface area contributed by atoms with E-state index in [1.165, 1.54) is 11.8 Å². The predicted octanol–water partition coefficient (Wildman–Crippen LogP) is 2.25.